The lowest BCUT2D eigenvalue weighted by Gasteiger charge is -2.07. The number of aromatic nitrogens is 1. The number of rotatable bonds is 3. The minimum Gasteiger partial charge on any atom is -0.320 e. The Kier molecular flexibility index (Phi) is 4.38. The van der Waals surface area contributed by atoms with Crippen LogP contribution < -0.4 is 5.32 Å². The number of carbonyl (C=O) groups is 1. The summed E-state index contributed by atoms with van der Waals surface area (Å²) >= 11 is 3.00. The van der Waals surface area contributed by atoms with Crippen molar-refractivity contribution in [3.63, 3.8) is 0 Å². The van der Waals surface area contributed by atoms with Crippen LogP contribution in [-0.2, 0) is 9.84 Å². The summed E-state index contributed by atoms with van der Waals surface area (Å²) in [7, 11) is -3.40. The smallest absolute Gasteiger partial charge is 0.258 e. The van der Waals surface area contributed by atoms with E-state index >= 15 is 0 Å². The van der Waals surface area contributed by atoms with Gasteiger partial charge in [-0.3, -0.25) is 4.79 Å². The molecule has 0 spiro atoms. The van der Waals surface area contributed by atoms with Crippen LogP contribution >= 0.6 is 15.9 Å². The Balaban J connectivity index is 2.22. The number of anilines is 1. The molecule has 2 aromatic rings. The molecule has 0 saturated heterocycles. The van der Waals surface area contributed by atoms with Crippen LogP contribution in [0.3, 0.4) is 0 Å². The van der Waals surface area contributed by atoms with Crippen LogP contribution in [0.4, 0.5) is 10.1 Å². The highest BCUT2D eigenvalue weighted by molar-refractivity contribution is 9.10. The van der Waals surface area contributed by atoms with Gasteiger partial charge in [-0.05, 0) is 40.2 Å². The SMILES string of the molecule is CS(=O)(=O)c1ccc(NC(=O)c2cccc(Br)c2F)cn1. The van der Waals surface area contributed by atoms with Crippen LogP contribution in [-0.4, -0.2) is 25.6 Å². The fraction of sp³-hybridized carbons (Fsp3) is 0.0769. The molecule has 2 rings (SSSR count). The maximum atomic E-state index is 13.8. The number of benzene rings is 1. The van der Waals surface area contributed by atoms with Gasteiger partial charge in [0.1, 0.15) is 5.82 Å². The molecule has 0 unspecified atom stereocenters. The van der Waals surface area contributed by atoms with Gasteiger partial charge in [0.2, 0.25) is 0 Å². The summed E-state index contributed by atoms with van der Waals surface area (Å²) in [4.78, 5) is 15.7. The summed E-state index contributed by atoms with van der Waals surface area (Å²) in [6.45, 7) is 0. The number of sulfone groups is 1. The van der Waals surface area contributed by atoms with Gasteiger partial charge in [0.05, 0.1) is 21.9 Å². The molecule has 0 aliphatic rings. The first-order valence-corrected chi connectivity index (χ1v) is 8.39. The Labute approximate surface area is 129 Å². The van der Waals surface area contributed by atoms with Crippen LogP contribution in [0, 0.1) is 5.82 Å². The van der Waals surface area contributed by atoms with Crippen molar-refractivity contribution in [2.45, 2.75) is 5.03 Å². The second-order valence-electron chi connectivity index (χ2n) is 4.21. The molecular weight excluding hydrogens is 363 g/mol. The van der Waals surface area contributed by atoms with Gasteiger partial charge in [0.15, 0.2) is 14.9 Å². The molecule has 21 heavy (non-hydrogen) atoms. The van der Waals surface area contributed by atoms with Crippen LogP contribution in [0.15, 0.2) is 46.0 Å². The monoisotopic (exact) mass is 372 g/mol. The minimum atomic E-state index is -3.40. The molecule has 1 N–H and O–H groups in total. The van der Waals surface area contributed by atoms with Crippen molar-refractivity contribution >= 4 is 37.4 Å². The van der Waals surface area contributed by atoms with Gasteiger partial charge in [-0.25, -0.2) is 17.8 Å². The predicted octanol–water partition coefficient (Wildman–Crippen LogP) is 2.64. The number of nitrogens with zero attached hydrogens (tertiary/aromatic N) is 1. The number of pyridine rings is 1. The highest BCUT2D eigenvalue weighted by Gasteiger charge is 2.15. The van der Waals surface area contributed by atoms with Crippen LogP contribution in [0.1, 0.15) is 10.4 Å². The number of carbonyl (C=O) groups excluding carboxylic acids is 1. The molecule has 0 saturated carbocycles. The van der Waals surface area contributed by atoms with Gasteiger partial charge in [-0.2, -0.15) is 0 Å². The molecule has 0 fully saturated rings. The molecule has 8 heteroatoms. The Morgan fingerprint density at radius 3 is 2.57 bits per heavy atom. The molecule has 0 aliphatic heterocycles. The molecule has 1 amide bonds. The van der Waals surface area contributed by atoms with E-state index in [-0.39, 0.29) is 20.7 Å². The minimum absolute atomic E-state index is 0.103. The van der Waals surface area contributed by atoms with Gasteiger partial charge in [-0.1, -0.05) is 6.07 Å². The lowest BCUT2D eigenvalue weighted by Crippen LogP contribution is -2.14. The zero-order chi connectivity index (χ0) is 15.6. The molecule has 1 heterocycles. The zero-order valence-electron chi connectivity index (χ0n) is 10.8. The van der Waals surface area contributed by atoms with Crippen molar-refractivity contribution < 1.29 is 17.6 Å². The van der Waals surface area contributed by atoms with Crippen molar-refractivity contribution in [3.8, 4) is 0 Å². The first-order chi connectivity index (χ1) is 9.79. The molecule has 0 bridgehead atoms. The highest BCUT2D eigenvalue weighted by Crippen LogP contribution is 2.20. The fourth-order valence-corrected chi connectivity index (χ4v) is 2.48. The molecular formula is C13H10BrFN2O3S. The Morgan fingerprint density at radius 2 is 2.00 bits per heavy atom. The zero-order valence-corrected chi connectivity index (χ0v) is 13.2. The van der Waals surface area contributed by atoms with E-state index in [0.717, 1.165) is 6.26 Å². The van der Waals surface area contributed by atoms with Gasteiger partial charge < -0.3 is 5.32 Å². The van der Waals surface area contributed by atoms with E-state index in [1.54, 1.807) is 0 Å². The third-order valence-electron chi connectivity index (χ3n) is 2.57. The predicted molar refractivity (Wildman–Crippen MR) is 79.4 cm³/mol. The van der Waals surface area contributed by atoms with E-state index in [1.807, 2.05) is 0 Å². The Hall–Kier alpha value is -1.80. The first kappa shape index (κ1) is 15.6. The second-order valence-corrected chi connectivity index (χ2v) is 7.03. The Morgan fingerprint density at radius 1 is 1.29 bits per heavy atom. The lowest BCUT2D eigenvalue weighted by atomic mass is 10.2. The van der Waals surface area contributed by atoms with Crippen LogP contribution in [0.2, 0.25) is 0 Å². The Bertz CT molecular complexity index is 792. The largest absolute Gasteiger partial charge is 0.320 e. The average molecular weight is 373 g/mol. The molecule has 0 radical (unpaired) electrons. The highest BCUT2D eigenvalue weighted by atomic mass is 79.9. The van der Waals surface area contributed by atoms with Gasteiger partial charge in [0.25, 0.3) is 5.91 Å². The van der Waals surface area contributed by atoms with Gasteiger partial charge in [0, 0.05) is 6.26 Å². The topological polar surface area (TPSA) is 76.1 Å². The number of amides is 1. The molecule has 0 atom stereocenters. The third kappa shape index (κ3) is 3.64. The van der Waals surface area contributed by atoms with Crippen molar-refractivity contribution in [1.29, 1.82) is 0 Å². The third-order valence-corrected chi connectivity index (χ3v) is 4.18. The van der Waals surface area contributed by atoms with Crippen molar-refractivity contribution in [2.24, 2.45) is 0 Å². The van der Waals surface area contributed by atoms with E-state index in [2.05, 4.69) is 26.2 Å². The summed E-state index contributed by atoms with van der Waals surface area (Å²) in [6.07, 6.45) is 2.23. The van der Waals surface area contributed by atoms with Crippen molar-refractivity contribution in [1.82, 2.24) is 4.98 Å². The number of hydrogen-bond donors (Lipinski definition) is 1. The average Bonchev–Trinajstić information content (AvgIpc) is 2.41. The summed E-state index contributed by atoms with van der Waals surface area (Å²) in [5, 5.41) is 2.35. The maximum Gasteiger partial charge on any atom is 0.258 e. The van der Waals surface area contributed by atoms with E-state index in [0.29, 0.717) is 0 Å². The quantitative estimate of drug-likeness (QED) is 0.898. The summed E-state index contributed by atoms with van der Waals surface area (Å²) in [5.74, 6) is -1.32. The van der Waals surface area contributed by atoms with E-state index < -0.39 is 21.6 Å². The molecule has 1 aromatic heterocycles. The van der Waals surface area contributed by atoms with E-state index in [1.165, 1.54) is 36.5 Å². The number of hydrogen-bond acceptors (Lipinski definition) is 4. The summed E-state index contributed by atoms with van der Waals surface area (Å²) in [5.41, 5.74) is 0.142. The molecule has 0 aliphatic carbocycles. The van der Waals surface area contributed by atoms with Crippen LogP contribution in [0.5, 0.6) is 0 Å². The van der Waals surface area contributed by atoms with Crippen molar-refractivity contribution in [2.75, 3.05) is 11.6 Å². The molecule has 5 nitrogen and oxygen atoms in total. The summed E-state index contributed by atoms with van der Waals surface area (Å²) < 4.78 is 36.5. The van der Waals surface area contributed by atoms with Gasteiger partial charge >= 0.3 is 0 Å². The first-order valence-electron chi connectivity index (χ1n) is 5.70. The molecule has 110 valence electrons. The molecule has 1 aromatic carbocycles. The summed E-state index contributed by atoms with van der Waals surface area (Å²) in [6, 6.07) is 7.01. The maximum absolute atomic E-state index is 13.8. The van der Waals surface area contributed by atoms with Crippen LogP contribution in [0.25, 0.3) is 0 Å². The number of nitrogens with one attached hydrogen (secondary N) is 1. The van der Waals surface area contributed by atoms with Crippen molar-refractivity contribution in [3.05, 3.63) is 52.4 Å². The normalized spacial score (nSPS) is 11.2. The standard InChI is InChI=1S/C13H10BrFN2O3S/c1-21(19,20)11-6-5-8(7-16-11)17-13(18)9-3-2-4-10(14)12(9)15/h2-7H,1H3,(H,17,18). The van der Waals surface area contributed by atoms with E-state index in [9.17, 15) is 17.6 Å². The van der Waals surface area contributed by atoms with Gasteiger partial charge in [-0.15, -0.1) is 0 Å². The lowest BCUT2D eigenvalue weighted by molar-refractivity contribution is 0.102. The van der Waals surface area contributed by atoms with E-state index in [4.69, 9.17) is 0 Å². The second kappa shape index (κ2) is 5.90. The fourth-order valence-electron chi connectivity index (χ4n) is 1.55. The number of halogens is 2.